The molecule has 0 amide bonds. The van der Waals surface area contributed by atoms with Gasteiger partial charge in [-0.25, -0.2) is 0 Å². The minimum atomic E-state index is -0.440. The van der Waals surface area contributed by atoms with Crippen molar-refractivity contribution >= 4 is 11.6 Å². The molecule has 4 spiro atoms. The summed E-state index contributed by atoms with van der Waals surface area (Å²) in [6.07, 6.45) is 62.7. The molecule has 0 unspecified atom stereocenters. The number of carbonyl (C=O) groups excluding carboxylic acids is 2. The number of aliphatic hydroxyl groups is 6. The number of ketones is 2. The summed E-state index contributed by atoms with van der Waals surface area (Å²) in [6.45, 7) is 54.2. The maximum Gasteiger partial charge on any atom is 0.174 e. The number of carbonyl (C=O) groups is 2. The van der Waals surface area contributed by atoms with Crippen LogP contribution in [0.5, 0.6) is 0 Å². The summed E-state index contributed by atoms with van der Waals surface area (Å²) >= 11 is 0. The molecule has 0 bridgehead atoms. The number of Topliss-reactive ketones (excluding diaryl/α,β-unsaturated/α-hetero) is 2. The highest BCUT2D eigenvalue weighted by Gasteiger charge is 2.72. The van der Waals surface area contributed by atoms with Crippen LogP contribution in [-0.4, -0.2) is 154 Å². The van der Waals surface area contributed by atoms with Gasteiger partial charge in [0.2, 0.25) is 0 Å². The highest BCUT2D eigenvalue weighted by Crippen LogP contribution is 2.75. The Morgan fingerprint density at radius 2 is 0.504 bits per heavy atom. The van der Waals surface area contributed by atoms with E-state index in [9.17, 15) is 40.2 Å². The Hall–Kier alpha value is -2.78. The van der Waals surface area contributed by atoms with Gasteiger partial charge in [-0.3, -0.25) is 9.59 Å². The molecule has 4 aliphatic heterocycles. The maximum atomic E-state index is 12.4. The maximum absolute atomic E-state index is 12.4. The van der Waals surface area contributed by atoms with Gasteiger partial charge in [0.15, 0.2) is 23.1 Å². The number of hydrogen-bond donors (Lipinski definition) is 6. The number of allylic oxidation sites excluding steroid dienone is 6. The number of ether oxygens (including phenoxy) is 8. The second-order valence-corrected chi connectivity index (χ2v) is 54.0. The summed E-state index contributed by atoms with van der Waals surface area (Å²) in [4.78, 5) is 24.4. The third kappa shape index (κ3) is 16.5. The third-order valence-corrected chi connectivity index (χ3v) is 46.9. The van der Waals surface area contributed by atoms with Crippen molar-refractivity contribution in [2.24, 2.45) is 134 Å². The highest BCUT2D eigenvalue weighted by atomic mass is 16.8. The first-order valence-corrected chi connectivity index (χ1v) is 57.0. The molecule has 16 nitrogen and oxygen atoms in total. The van der Waals surface area contributed by atoms with E-state index in [0.717, 1.165) is 173 Å². The summed E-state index contributed by atoms with van der Waals surface area (Å²) in [5.41, 5.74) is 10.3. The molecule has 18 aliphatic carbocycles. The van der Waals surface area contributed by atoms with Crippen molar-refractivity contribution in [1.82, 2.24) is 0 Å². The van der Waals surface area contributed by atoms with Gasteiger partial charge >= 0.3 is 0 Å². The average molecular weight is 1900 g/mol. The molecule has 6 N–H and O–H groups in total. The SMILES string of the molecule is CC1(C)C(=O)CC[C@]2(C)C3=CCCC[C@]3(CO)CC[C@@H]12.C[C@@H]1C(=O)CC[C@]2(C)C3=CCCC[C@]3(CO)CC[C@@H]12.C[C@@H]1[C@H]2CC[C@]3(CO)CCCC=C3[C@]2(C)CCC12O[C@H](C)[C@@H](C)O2.C[C@H]1OC2(CC[C@@]3(C)C4=CCCC[C@@]4(CO)CC[C@@H]3C2(C)C)O[C@@H]1C.C[C@H]1OC2(CC[C@]3(C)C4=CCCC[C@]4(CO)CC[C@H]3C2(C)C)O[C@@H]1C.C[C@H]1OC2(CC[C@]3(C)C4=CCCC[C@]4(CO)CC[C@H]3[C@@H]2C)O[C@@H]1C. The van der Waals surface area contributed by atoms with Crippen LogP contribution in [0.2, 0.25) is 0 Å². The predicted octanol–water partition coefficient (Wildman–Crippen LogP) is 25.9. The smallest absolute Gasteiger partial charge is 0.174 e. The number of rotatable bonds is 6. The second kappa shape index (κ2) is 37.8. The lowest BCUT2D eigenvalue weighted by Gasteiger charge is -2.64. The Labute approximate surface area is 829 Å². The van der Waals surface area contributed by atoms with E-state index >= 15 is 0 Å². The molecule has 137 heavy (non-hydrogen) atoms. The topological polar surface area (TPSA) is 229 Å². The number of aliphatic hydroxyl groups excluding tert-OH is 6. The van der Waals surface area contributed by atoms with Crippen LogP contribution in [0.4, 0.5) is 0 Å². The molecule has 16 fully saturated rings. The van der Waals surface area contributed by atoms with Crippen LogP contribution in [0.25, 0.3) is 0 Å². The van der Waals surface area contributed by atoms with Crippen molar-refractivity contribution in [3.05, 3.63) is 69.9 Å². The molecule has 29 atom stereocenters. The average Bonchev–Trinajstić information content (AvgIpc) is 1.50. The zero-order chi connectivity index (χ0) is 98.8. The first-order valence-electron chi connectivity index (χ1n) is 57.0. The van der Waals surface area contributed by atoms with Crippen molar-refractivity contribution in [1.29, 1.82) is 0 Å². The normalized spacial score (nSPS) is 47.9. The van der Waals surface area contributed by atoms with Gasteiger partial charge in [0.25, 0.3) is 0 Å². The molecule has 0 aromatic heterocycles. The van der Waals surface area contributed by atoms with E-state index in [4.69, 9.17) is 37.9 Å². The van der Waals surface area contributed by atoms with Gasteiger partial charge in [-0.05, 0) is 355 Å². The Morgan fingerprint density at radius 3 is 0.803 bits per heavy atom. The van der Waals surface area contributed by atoms with Gasteiger partial charge in [0.1, 0.15) is 11.6 Å². The van der Waals surface area contributed by atoms with Crippen LogP contribution >= 0.6 is 0 Å². The monoisotopic (exact) mass is 1900 g/mol. The zero-order valence-corrected chi connectivity index (χ0v) is 90.5. The molecule has 774 valence electrons. The standard InChI is InChI=1S/2C22H36O3.2C21H34O3.C18H28O2.C17H26O2/c2*1-15-16(2)25-22(24-15)13-12-20(5)17(19(22,3)4)9-11-21(14-23)10-7-6-8-18(20)21;2*1-14-17-8-10-20(13-22)9-6-5-7-18(20)19(17,4)11-12-21(14)23-15(2)16(3)24-21;1-16(2)13-7-11-18(12-19)9-5-4-6-14(18)17(13,3)10-8-15(16)20;1-12-13-6-10-17(11-18)8-4-3-5-15(17)16(13,2)9-7-14(12)19/h2*8,15-17,23H,6-7,9-14H2,1-5H3;2*7,14-17,22H,5-6,8-13H2,1-4H3;6,13,19H,4-5,7-12H2,1-3H3;5,12-13,18H,3-4,6-11H2,1-2H3/t15-,16-,17+,20+,21-;15-,16-,17-,20-,21+;14-,15+,16+,17-,19-,20+;14-,15-,16-,17-,19-,20+;13-,17-,18+;12-,13-,16-,17+/m110100/s1. The van der Waals surface area contributed by atoms with E-state index in [2.05, 4.69) is 196 Å². The van der Waals surface area contributed by atoms with Crippen molar-refractivity contribution in [3.8, 4) is 0 Å². The summed E-state index contributed by atoms with van der Waals surface area (Å²) in [7, 11) is 0. The van der Waals surface area contributed by atoms with E-state index in [1.54, 1.807) is 22.3 Å². The molecule has 0 aromatic rings. The third-order valence-electron chi connectivity index (χ3n) is 46.9. The fourth-order valence-corrected chi connectivity index (χ4v) is 38.2. The summed E-state index contributed by atoms with van der Waals surface area (Å²) in [5.74, 6) is 3.47. The minimum absolute atomic E-state index is 0.0277. The van der Waals surface area contributed by atoms with Crippen molar-refractivity contribution < 1.29 is 78.1 Å². The van der Waals surface area contributed by atoms with Crippen LogP contribution < -0.4 is 0 Å². The Balaban J connectivity index is 0.000000114. The minimum Gasteiger partial charge on any atom is -0.395 e. The molecule has 16 heteroatoms. The van der Waals surface area contributed by atoms with Gasteiger partial charge in [0.05, 0.1) is 88.5 Å². The van der Waals surface area contributed by atoms with Gasteiger partial charge in [-0.2, -0.15) is 0 Å². The quantitative estimate of drug-likeness (QED) is 0.136. The fraction of sp³-hybridized carbons (Fsp3) is 0.884. The first-order chi connectivity index (χ1) is 64.6. The lowest BCUT2D eigenvalue weighted by molar-refractivity contribution is -0.295. The molecule has 22 aliphatic rings. The van der Waals surface area contributed by atoms with E-state index in [0.29, 0.717) is 98.4 Å². The van der Waals surface area contributed by atoms with Crippen molar-refractivity contribution in [2.45, 2.75) is 501 Å². The Morgan fingerprint density at radius 1 is 0.263 bits per heavy atom. The second-order valence-electron chi connectivity index (χ2n) is 54.0. The summed E-state index contributed by atoms with van der Waals surface area (Å²) in [6, 6.07) is 0. The first kappa shape index (κ1) is 106. The summed E-state index contributed by atoms with van der Waals surface area (Å²) < 4.78 is 51.6. The molecule has 22 rings (SSSR count). The largest absolute Gasteiger partial charge is 0.395 e. The molecule has 12 saturated carbocycles. The van der Waals surface area contributed by atoms with E-state index in [1.165, 1.54) is 101 Å². The Bertz CT molecular complexity index is 4340. The number of hydrogen-bond acceptors (Lipinski definition) is 16. The molecular weight excluding hydrogens is 1710 g/mol. The van der Waals surface area contributed by atoms with Gasteiger partial charge < -0.3 is 68.5 Å². The molecule has 4 heterocycles. The van der Waals surface area contributed by atoms with Crippen LogP contribution in [-0.2, 0) is 47.5 Å². The molecule has 0 aromatic carbocycles. The van der Waals surface area contributed by atoms with Crippen LogP contribution in [0.3, 0.4) is 0 Å². The van der Waals surface area contributed by atoms with Crippen LogP contribution in [0.15, 0.2) is 69.9 Å². The van der Waals surface area contributed by atoms with Crippen LogP contribution in [0, 0.1) is 134 Å². The zero-order valence-electron chi connectivity index (χ0n) is 90.5. The van der Waals surface area contributed by atoms with Crippen LogP contribution in [0.1, 0.15) is 429 Å². The van der Waals surface area contributed by atoms with E-state index < -0.39 is 11.6 Å². The highest BCUT2D eigenvalue weighted by molar-refractivity contribution is 5.86. The molecule has 4 saturated heterocycles. The predicted molar refractivity (Wildman–Crippen MR) is 543 cm³/mol. The fourth-order valence-electron chi connectivity index (χ4n) is 38.2. The Kier molecular flexibility index (Phi) is 29.1. The lowest BCUT2D eigenvalue weighted by atomic mass is 9.43. The summed E-state index contributed by atoms with van der Waals surface area (Å²) in [5, 5.41) is 61.1. The molecular formula is C121H194O16. The lowest BCUT2D eigenvalue weighted by Crippen LogP contribution is -2.62. The molecule has 0 radical (unpaired) electrons. The van der Waals surface area contributed by atoms with E-state index in [1.807, 2.05) is 0 Å². The van der Waals surface area contributed by atoms with Gasteiger partial charge in [-0.1, -0.05) is 174 Å². The van der Waals surface area contributed by atoms with Gasteiger partial charge in [0, 0.05) is 105 Å². The van der Waals surface area contributed by atoms with E-state index in [-0.39, 0.29) is 154 Å². The van der Waals surface area contributed by atoms with Crippen molar-refractivity contribution in [2.75, 3.05) is 39.6 Å². The van der Waals surface area contributed by atoms with Gasteiger partial charge in [-0.15, -0.1) is 0 Å². The van der Waals surface area contributed by atoms with Crippen molar-refractivity contribution in [3.63, 3.8) is 0 Å². The number of fused-ring (bicyclic) bond motifs is 18.